The number of hydrogen-bond donors (Lipinski definition) is 1. The zero-order valence-electron chi connectivity index (χ0n) is 11.4. The average Bonchev–Trinajstić information content (AvgIpc) is 2.37. The summed E-state index contributed by atoms with van der Waals surface area (Å²) in [6, 6.07) is 2.01. The molecule has 2 rings (SSSR count). The van der Waals surface area contributed by atoms with E-state index in [1.165, 1.54) is 11.3 Å². The van der Waals surface area contributed by atoms with Gasteiger partial charge in [0.1, 0.15) is 0 Å². The molecule has 0 atom stereocenters. The highest BCUT2D eigenvalue weighted by Gasteiger charge is 2.19. The van der Waals surface area contributed by atoms with E-state index in [0.29, 0.717) is 6.54 Å². The molecule has 1 aliphatic rings. The van der Waals surface area contributed by atoms with Crippen molar-refractivity contribution in [1.82, 2.24) is 9.47 Å². The Balaban J connectivity index is 2.47. The van der Waals surface area contributed by atoms with Crippen LogP contribution in [0.4, 0.5) is 0 Å². The second-order valence-electron chi connectivity index (χ2n) is 5.14. The third-order valence-corrected chi connectivity index (χ3v) is 3.69. The second-order valence-corrected chi connectivity index (χ2v) is 5.14. The molecule has 2 heterocycles. The summed E-state index contributed by atoms with van der Waals surface area (Å²) in [5.41, 5.74) is 9.06. The molecule has 2 N–H and O–H groups in total. The summed E-state index contributed by atoms with van der Waals surface area (Å²) < 4.78 is 1.97. The van der Waals surface area contributed by atoms with Gasteiger partial charge >= 0.3 is 0 Å². The minimum absolute atomic E-state index is 0.120. The molecule has 0 amide bonds. The number of unbranched alkanes of at least 4 members (excludes halogenated alkanes) is 1. The first-order chi connectivity index (χ1) is 8.67. The van der Waals surface area contributed by atoms with E-state index in [4.69, 9.17) is 5.73 Å². The molecule has 0 fully saturated rings. The molecule has 1 aromatic rings. The lowest BCUT2D eigenvalue weighted by Gasteiger charge is -2.28. The largest absolute Gasteiger partial charge is 0.326 e. The number of hydrogen-bond acceptors (Lipinski definition) is 3. The van der Waals surface area contributed by atoms with Gasteiger partial charge < -0.3 is 15.2 Å². The van der Waals surface area contributed by atoms with Crippen molar-refractivity contribution in [1.29, 1.82) is 0 Å². The number of aromatic nitrogens is 1. The lowest BCUT2D eigenvalue weighted by atomic mass is 10.0. The van der Waals surface area contributed by atoms with Crippen LogP contribution in [0.5, 0.6) is 0 Å². The van der Waals surface area contributed by atoms with Gasteiger partial charge in [0, 0.05) is 43.9 Å². The van der Waals surface area contributed by atoms with Crippen LogP contribution < -0.4 is 11.3 Å². The molecule has 0 bridgehead atoms. The van der Waals surface area contributed by atoms with Gasteiger partial charge in [-0.15, -0.1) is 0 Å². The van der Waals surface area contributed by atoms with Crippen LogP contribution >= 0.6 is 0 Å². The van der Waals surface area contributed by atoms with Crippen molar-refractivity contribution in [2.45, 2.75) is 45.8 Å². The van der Waals surface area contributed by atoms with Crippen molar-refractivity contribution in [3.8, 4) is 0 Å². The molecule has 0 spiro atoms. The summed E-state index contributed by atoms with van der Waals surface area (Å²) in [6.45, 7) is 5.27. The molecule has 0 aromatic carbocycles. The maximum absolute atomic E-state index is 12.3. The molecule has 0 unspecified atom stereocenters. The predicted molar refractivity (Wildman–Crippen MR) is 73.5 cm³/mol. The number of fused-ring (bicyclic) bond motifs is 1. The van der Waals surface area contributed by atoms with Gasteiger partial charge in [-0.3, -0.25) is 4.79 Å². The lowest BCUT2D eigenvalue weighted by Crippen LogP contribution is -2.36. The van der Waals surface area contributed by atoms with Crippen molar-refractivity contribution in [3.05, 3.63) is 33.2 Å². The van der Waals surface area contributed by atoms with Crippen LogP contribution in [-0.4, -0.2) is 23.1 Å². The normalized spacial score (nSPS) is 15.7. The van der Waals surface area contributed by atoms with E-state index in [-0.39, 0.29) is 5.56 Å². The van der Waals surface area contributed by atoms with Gasteiger partial charge in [-0.25, -0.2) is 0 Å². The summed E-state index contributed by atoms with van der Waals surface area (Å²) in [5, 5.41) is 0. The van der Waals surface area contributed by atoms with Crippen LogP contribution in [0.15, 0.2) is 10.9 Å². The zero-order chi connectivity index (χ0) is 13.1. The summed E-state index contributed by atoms with van der Waals surface area (Å²) in [6.07, 6.45) is 3.12. The average molecular weight is 249 g/mol. The summed E-state index contributed by atoms with van der Waals surface area (Å²) in [4.78, 5) is 14.6. The Bertz CT molecular complexity index is 479. The third kappa shape index (κ3) is 2.49. The Kier molecular flexibility index (Phi) is 4.19. The van der Waals surface area contributed by atoms with Gasteiger partial charge in [0.25, 0.3) is 5.56 Å². The van der Waals surface area contributed by atoms with Gasteiger partial charge in [0.05, 0.1) is 0 Å². The van der Waals surface area contributed by atoms with Crippen LogP contribution in [0.2, 0.25) is 0 Å². The second kappa shape index (κ2) is 5.67. The van der Waals surface area contributed by atoms with E-state index < -0.39 is 0 Å². The zero-order valence-corrected chi connectivity index (χ0v) is 11.4. The first-order valence-electron chi connectivity index (χ1n) is 6.80. The van der Waals surface area contributed by atoms with Crippen LogP contribution in [-0.2, 0) is 26.1 Å². The number of likely N-dealkylation sites (N-methyl/N-ethyl adjacent to an activating group) is 1. The van der Waals surface area contributed by atoms with Crippen molar-refractivity contribution in [2.24, 2.45) is 5.73 Å². The molecular formula is C14H23N3O. The van der Waals surface area contributed by atoms with Gasteiger partial charge in [-0.2, -0.15) is 0 Å². The van der Waals surface area contributed by atoms with Gasteiger partial charge in [0.2, 0.25) is 0 Å². The van der Waals surface area contributed by atoms with Crippen molar-refractivity contribution in [3.63, 3.8) is 0 Å². The first kappa shape index (κ1) is 13.3. The monoisotopic (exact) mass is 249 g/mol. The van der Waals surface area contributed by atoms with E-state index in [2.05, 4.69) is 18.9 Å². The van der Waals surface area contributed by atoms with E-state index in [1.54, 1.807) is 0 Å². The van der Waals surface area contributed by atoms with Crippen LogP contribution in [0, 0.1) is 0 Å². The van der Waals surface area contributed by atoms with Crippen LogP contribution in [0.3, 0.4) is 0 Å². The van der Waals surface area contributed by atoms with Crippen LogP contribution in [0.25, 0.3) is 0 Å². The smallest absolute Gasteiger partial charge is 0.255 e. The summed E-state index contributed by atoms with van der Waals surface area (Å²) >= 11 is 0. The molecule has 0 saturated heterocycles. The first-order valence-corrected chi connectivity index (χ1v) is 6.80. The number of pyridine rings is 1. The molecule has 18 heavy (non-hydrogen) atoms. The minimum atomic E-state index is 0.120. The Morgan fingerprint density at radius 1 is 1.44 bits per heavy atom. The highest BCUT2D eigenvalue weighted by atomic mass is 16.1. The fourth-order valence-electron chi connectivity index (χ4n) is 2.62. The molecule has 4 nitrogen and oxygen atoms in total. The number of rotatable bonds is 4. The molecule has 1 aromatic heterocycles. The van der Waals surface area contributed by atoms with Gasteiger partial charge in [-0.05, 0) is 25.1 Å². The minimum Gasteiger partial charge on any atom is -0.326 e. The Hall–Kier alpha value is -1.13. The van der Waals surface area contributed by atoms with Crippen molar-refractivity contribution in [2.75, 3.05) is 13.6 Å². The van der Waals surface area contributed by atoms with Gasteiger partial charge in [-0.1, -0.05) is 13.3 Å². The molecule has 0 aliphatic carbocycles. The topological polar surface area (TPSA) is 51.3 Å². The fourth-order valence-corrected chi connectivity index (χ4v) is 2.62. The molecule has 1 aliphatic heterocycles. The molecule has 100 valence electrons. The molecular weight excluding hydrogens is 226 g/mol. The number of nitrogens with two attached hydrogens (primary N) is 1. The van der Waals surface area contributed by atoms with Crippen molar-refractivity contribution < 1.29 is 0 Å². The molecule has 4 heteroatoms. The third-order valence-electron chi connectivity index (χ3n) is 3.69. The molecule has 0 radical (unpaired) electrons. The quantitative estimate of drug-likeness (QED) is 0.869. The van der Waals surface area contributed by atoms with Crippen LogP contribution in [0.1, 0.15) is 36.6 Å². The Morgan fingerprint density at radius 2 is 2.22 bits per heavy atom. The Labute approximate surface area is 108 Å². The maximum Gasteiger partial charge on any atom is 0.255 e. The lowest BCUT2D eigenvalue weighted by molar-refractivity contribution is 0.303. The molecule has 0 saturated carbocycles. The van der Waals surface area contributed by atoms with E-state index in [9.17, 15) is 4.79 Å². The maximum atomic E-state index is 12.3. The van der Waals surface area contributed by atoms with E-state index in [1.807, 2.05) is 10.6 Å². The standard InChI is InChI=1S/C14H23N3O/c1-3-4-6-17-13-5-7-16(2)10-12(13)8-11(9-15)14(17)18/h8H,3-7,9-10,15H2,1-2H3. The highest BCUT2D eigenvalue weighted by Crippen LogP contribution is 2.18. The van der Waals surface area contributed by atoms with Gasteiger partial charge in [0.15, 0.2) is 0 Å². The van der Waals surface area contributed by atoms with E-state index in [0.717, 1.165) is 44.5 Å². The summed E-state index contributed by atoms with van der Waals surface area (Å²) in [7, 11) is 2.12. The predicted octanol–water partition coefficient (Wildman–Crippen LogP) is 1.10. The Morgan fingerprint density at radius 3 is 2.89 bits per heavy atom. The number of nitrogens with zero attached hydrogens (tertiary/aromatic N) is 2. The van der Waals surface area contributed by atoms with E-state index >= 15 is 0 Å². The summed E-state index contributed by atoms with van der Waals surface area (Å²) in [5.74, 6) is 0. The van der Waals surface area contributed by atoms with Crippen molar-refractivity contribution >= 4 is 0 Å². The fraction of sp³-hybridized carbons (Fsp3) is 0.643. The SMILES string of the molecule is CCCCn1c2c(cc(CN)c1=O)CN(C)CC2. The highest BCUT2D eigenvalue weighted by molar-refractivity contribution is 5.29.